The van der Waals surface area contributed by atoms with Crippen molar-refractivity contribution in [1.82, 2.24) is 20.2 Å². The number of nitrogens with one attached hydrogen (secondary N) is 1. The monoisotopic (exact) mass is 359 g/mol. The number of hydrogen-bond donors (Lipinski definition) is 2. The number of rotatable bonds is 4. The average Bonchev–Trinajstić information content (AvgIpc) is 2.98. The van der Waals surface area contributed by atoms with Gasteiger partial charge in [0, 0.05) is 22.7 Å². The highest BCUT2D eigenvalue weighted by atomic mass is 35.5. The average molecular weight is 360 g/mol. The molecule has 3 N–H and O–H groups in total. The van der Waals surface area contributed by atoms with Crippen LogP contribution in [0, 0.1) is 6.92 Å². The molecule has 0 saturated carbocycles. The van der Waals surface area contributed by atoms with E-state index < -0.39 is 0 Å². The number of aryl methyl sites for hydroxylation is 1. The Morgan fingerprint density at radius 2 is 2.16 bits per heavy atom. The van der Waals surface area contributed by atoms with Crippen LogP contribution in [0.3, 0.4) is 0 Å². The summed E-state index contributed by atoms with van der Waals surface area (Å²) >= 11 is 6.06. The van der Waals surface area contributed by atoms with E-state index in [1.54, 1.807) is 4.90 Å². The molecule has 0 aliphatic carbocycles. The van der Waals surface area contributed by atoms with Crippen LogP contribution in [0.4, 0.5) is 10.7 Å². The molecule has 0 saturated heterocycles. The van der Waals surface area contributed by atoms with E-state index in [4.69, 9.17) is 17.3 Å². The first-order chi connectivity index (χ1) is 12.0. The molecule has 0 atom stereocenters. The number of nitrogens with two attached hydrogens (primary N) is 1. The second-order valence-corrected chi connectivity index (χ2v) is 6.69. The van der Waals surface area contributed by atoms with Crippen LogP contribution < -0.4 is 11.1 Å². The van der Waals surface area contributed by atoms with Crippen LogP contribution in [0.5, 0.6) is 0 Å². The zero-order valence-corrected chi connectivity index (χ0v) is 15.2. The minimum Gasteiger partial charge on any atom is -0.368 e. The lowest BCUT2D eigenvalue weighted by Crippen LogP contribution is -2.36. The fraction of sp³-hybridized carbons (Fsp3) is 0.389. The van der Waals surface area contributed by atoms with Crippen molar-refractivity contribution in [2.75, 3.05) is 12.3 Å². The molecule has 2 amide bonds. The van der Waals surface area contributed by atoms with Gasteiger partial charge in [-0.25, -0.2) is 14.8 Å². The van der Waals surface area contributed by atoms with Gasteiger partial charge in [0.05, 0.1) is 24.5 Å². The lowest BCUT2D eigenvalue weighted by atomic mass is 10.0. The van der Waals surface area contributed by atoms with E-state index in [0.29, 0.717) is 24.7 Å². The molecular weight excluding hydrogens is 338 g/mol. The van der Waals surface area contributed by atoms with E-state index in [1.807, 2.05) is 25.1 Å². The molecule has 25 heavy (non-hydrogen) atoms. The molecule has 1 aromatic carbocycles. The highest BCUT2D eigenvalue weighted by Crippen LogP contribution is 2.33. The van der Waals surface area contributed by atoms with Gasteiger partial charge < -0.3 is 16.0 Å². The Balaban J connectivity index is 1.90. The first kappa shape index (κ1) is 17.5. The van der Waals surface area contributed by atoms with Gasteiger partial charge in [-0.2, -0.15) is 0 Å². The predicted octanol–water partition coefficient (Wildman–Crippen LogP) is 3.51. The molecule has 1 aliphatic rings. The van der Waals surface area contributed by atoms with Crippen molar-refractivity contribution in [2.45, 2.75) is 39.8 Å². The number of anilines is 1. The zero-order chi connectivity index (χ0) is 18.0. The van der Waals surface area contributed by atoms with Gasteiger partial charge in [-0.15, -0.1) is 0 Å². The van der Waals surface area contributed by atoms with Gasteiger partial charge in [0.25, 0.3) is 0 Å². The van der Waals surface area contributed by atoms with Crippen molar-refractivity contribution >= 4 is 23.6 Å². The number of nitrogen functional groups attached to an aromatic ring is 1. The van der Waals surface area contributed by atoms with E-state index in [-0.39, 0.29) is 12.0 Å². The third kappa shape index (κ3) is 3.69. The van der Waals surface area contributed by atoms with Gasteiger partial charge in [0.15, 0.2) is 0 Å². The summed E-state index contributed by atoms with van der Waals surface area (Å²) in [5.74, 6) is 0.219. The summed E-state index contributed by atoms with van der Waals surface area (Å²) in [7, 11) is 0. The summed E-state index contributed by atoms with van der Waals surface area (Å²) in [6.45, 7) is 5.68. The molecule has 3 rings (SSSR count). The predicted molar refractivity (Wildman–Crippen MR) is 99.2 cm³/mol. The minimum absolute atomic E-state index is 0.0798. The molecule has 1 aromatic heterocycles. The SMILES string of the molecule is CCCCNC(=O)N1Cc2nc(N)nc(-c3ccc(Cl)cc3C)c2C1. The molecule has 0 unspecified atom stereocenters. The summed E-state index contributed by atoms with van der Waals surface area (Å²) in [5, 5.41) is 3.62. The lowest BCUT2D eigenvalue weighted by Gasteiger charge is -2.16. The highest BCUT2D eigenvalue weighted by molar-refractivity contribution is 6.30. The van der Waals surface area contributed by atoms with E-state index in [0.717, 1.165) is 40.9 Å². The molecule has 2 heterocycles. The molecule has 6 nitrogen and oxygen atoms in total. The zero-order valence-electron chi connectivity index (χ0n) is 14.5. The minimum atomic E-state index is -0.0798. The van der Waals surface area contributed by atoms with Gasteiger partial charge in [0.2, 0.25) is 5.95 Å². The third-order valence-electron chi connectivity index (χ3n) is 4.34. The summed E-state index contributed by atoms with van der Waals surface area (Å²) in [5.41, 5.74) is 10.4. The largest absolute Gasteiger partial charge is 0.368 e. The number of nitrogens with zero attached hydrogens (tertiary/aromatic N) is 3. The van der Waals surface area contributed by atoms with E-state index in [9.17, 15) is 4.79 Å². The van der Waals surface area contributed by atoms with E-state index in [1.165, 1.54) is 0 Å². The maximum Gasteiger partial charge on any atom is 0.318 e. The van der Waals surface area contributed by atoms with Crippen molar-refractivity contribution < 1.29 is 4.79 Å². The summed E-state index contributed by atoms with van der Waals surface area (Å²) in [6, 6.07) is 5.58. The number of unbranched alkanes of at least 4 members (excludes halogenated alkanes) is 1. The Labute approximate surface area is 152 Å². The Hall–Kier alpha value is -2.34. The molecule has 0 fully saturated rings. The van der Waals surface area contributed by atoms with Crippen molar-refractivity contribution in [3.05, 3.63) is 40.0 Å². The van der Waals surface area contributed by atoms with Crippen LogP contribution in [0.1, 0.15) is 36.6 Å². The van der Waals surface area contributed by atoms with Gasteiger partial charge >= 0.3 is 6.03 Å². The number of hydrogen-bond acceptors (Lipinski definition) is 4. The van der Waals surface area contributed by atoms with Crippen molar-refractivity contribution in [3.63, 3.8) is 0 Å². The Morgan fingerprint density at radius 1 is 1.36 bits per heavy atom. The Kier molecular flexibility index (Phi) is 5.08. The molecule has 1 aliphatic heterocycles. The van der Waals surface area contributed by atoms with Crippen LogP contribution in [0.25, 0.3) is 11.3 Å². The smallest absolute Gasteiger partial charge is 0.318 e. The first-order valence-electron chi connectivity index (χ1n) is 8.44. The highest BCUT2D eigenvalue weighted by Gasteiger charge is 2.28. The maximum atomic E-state index is 12.4. The van der Waals surface area contributed by atoms with E-state index >= 15 is 0 Å². The quantitative estimate of drug-likeness (QED) is 0.818. The number of carbonyl (C=O) groups excluding carboxylic acids is 1. The number of halogens is 1. The Morgan fingerprint density at radius 3 is 2.88 bits per heavy atom. The van der Waals surface area contributed by atoms with Crippen LogP contribution in [-0.4, -0.2) is 27.4 Å². The van der Waals surface area contributed by atoms with Crippen LogP contribution in [0.15, 0.2) is 18.2 Å². The maximum absolute atomic E-state index is 12.4. The number of carbonyl (C=O) groups is 1. The van der Waals surface area contributed by atoms with Crippen molar-refractivity contribution in [1.29, 1.82) is 0 Å². The molecule has 132 valence electrons. The summed E-state index contributed by atoms with van der Waals surface area (Å²) < 4.78 is 0. The van der Waals surface area contributed by atoms with Gasteiger partial charge in [0.1, 0.15) is 0 Å². The summed E-state index contributed by atoms with van der Waals surface area (Å²) in [4.78, 5) is 22.9. The molecule has 0 spiro atoms. The Bertz CT molecular complexity index is 808. The van der Waals surface area contributed by atoms with Crippen LogP contribution in [0.2, 0.25) is 5.02 Å². The molecule has 0 bridgehead atoms. The van der Waals surface area contributed by atoms with Gasteiger partial charge in [-0.1, -0.05) is 31.0 Å². The standard InChI is InChI=1S/C18H22ClN5O/c1-3-4-7-21-18(25)24-9-14-15(10-24)22-17(20)23-16(14)13-6-5-12(19)8-11(13)2/h5-6,8H,3-4,7,9-10H2,1-2H3,(H,21,25)(H2,20,22,23). The van der Waals surface area contributed by atoms with Crippen molar-refractivity contribution in [2.24, 2.45) is 0 Å². The summed E-state index contributed by atoms with van der Waals surface area (Å²) in [6.07, 6.45) is 2.01. The molecular formula is C18H22ClN5O. The molecule has 2 aromatic rings. The number of benzene rings is 1. The normalized spacial score (nSPS) is 13.0. The number of amides is 2. The topological polar surface area (TPSA) is 84.1 Å². The van der Waals surface area contributed by atoms with Crippen LogP contribution >= 0.6 is 11.6 Å². The second-order valence-electron chi connectivity index (χ2n) is 6.26. The lowest BCUT2D eigenvalue weighted by molar-refractivity contribution is 0.198. The first-order valence-corrected chi connectivity index (χ1v) is 8.82. The van der Waals surface area contributed by atoms with Gasteiger partial charge in [-0.05, 0) is 31.0 Å². The van der Waals surface area contributed by atoms with Crippen molar-refractivity contribution in [3.8, 4) is 11.3 Å². The number of aromatic nitrogens is 2. The second kappa shape index (κ2) is 7.27. The van der Waals surface area contributed by atoms with E-state index in [2.05, 4.69) is 22.2 Å². The fourth-order valence-electron chi connectivity index (χ4n) is 3.02. The third-order valence-corrected chi connectivity index (χ3v) is 4.57. The number of urea groups is 1. The molecule has 0 radical (unpaired) electrons. The fourth-order valence-corrected chi connectivity index (χ4v) is 3.24. The number of fused-ring (bicyclic) bond motifs is 1. The van der Waals surface area contributed by atoms with Crippen LogP contribution in [-0.2, 0) is 13.1 Å². The molecule has 7 heteroatoms. The van der Waals surface area contributed by atoms with Gasteiger partial charge in [-0.3, -0.25) is 0 Å².